The van der Waals surface area contributed by atoms with Gasteiger partial charge < -0.3 is 14.5 Å². The minimum atomic E-state index is -1.16. The fourth-order valence-electron chi connectivity index (χ4n) is 3.76. The van der Waals surface area contributed by atoms with Gasteiger partial charge in [-0.3, -0.25) is 4.68 Å². The summed E-state index contributed by atoms with van der Waals surface area (Å²) < 4.78 is 35.6. The van der Waals surface area contributed by atoms with Gasteiger partial charge in [-0.1, -0.05) is 35.5 Å². The van der Waals surface area contributed by atoms with Crippen LogP contribution < -0.4 is 4.90 Å². The number of anilines is 2. The Labute approximate surface area is 203 Å². The molecule has 180 valence electrons. The van der Waals surface area contributed by atoms with Gasteiger partial charge >= 0.3 is 5.97 Å². The van der Waals surface area contributed by atoms with Crippen molar-refractivity contribution in [3.63, 3.8) is 0 Å². The molecule has 0 aliphatic carbocycles. The highest BCUT2D eigenvalue weighted by Crippen LogP contribution is 2.30. The summed E-state index contributed by atoms with van der Waals surface area (Å²) >= 11 is 0. The first-order chi connectivity index (χ1) is 17.4. The summed E-state index contributed by atoms with van der Waals surface area (Å²) in [4.78, 5) is 21.4. The standard InChI is InChI=1S/C25H18F2N6O3/c1-32(21-9-5-3-7-16(21)25(34)35)24-18(27)13-28-23(29-24)20-12-22(19-10-11-36-31-19)33(30-20)14-15-6-2-4-8-17(15)26/h2-13H,14H2,1H3,(H,34,35). The summed E-state index contributed by atoms with van der Waals surface area (Å²) in [6.07, 6.45) is 2.39. The summed E-state index contributed by atoms with van der Waals surface area (Å²) in [6, 6.07) is 15.8. The van der Waals surface area contributed by atoms with E-state index >= 15 is 0 Å². The van der Waals surface area contributed by atoms with Crippen LogP contribution in [0.2, 0.25) is 0 Å². The van der Waals surface area contributed by atoms with Gasteiger partial charge in [-0.2, -0.15) is 5.10 Å². The fraction of sp³-hybridized carbons (Fsp3) is 0.0800. The van der Waals surface area contributed by atoms with Crippen molar-refractivity contribution in [3.8, 4) is 22.9 Å². The molecule has 2 aromatic carbocycles. The summed E-state index contributed by atoms with van der Waals surface area (Å²) in [6.45, 7) is 0.0921. The van der Waals surface area contributed by atoms with Crippen LogP contribution in [0.4, 0.5) is 20.3 Å². The Kier molecular flexibility index (Phi) is 5.95. The zero-order valence-corrected chi connectivity index (χ0v) is 18.8. The lowest BCUT2D eigenvalue weighted by Crippen LogP contribution is -2.17. The molecule has 0 amide bonds. The second-order valence-corrected chi connectivity index (χ2v) is 7.80. The molecule has 0 saturated carbocycles. The van der Waals surface area contributed by atoms with Crippen molar-refractivity contribution < 1.29 is 23.2 Å². The van der Waals surface area contributed by atoms with E-state index in [0.29, 0.717) is 17.0 Å². The number of benzene rings is 2. The van der Waals surface area contributed by atoms with E-state index in [1.807, 2.05) is 0 Å². The first kappa shape index (κ1) is 22.8. The van der Waals surface area contributed by atoms with Crippen molar-refractivity contribution in [1.29, 1.82) is 0 Å². The maximum Gasteiger partial charge on any atom is 0.337 e. The molecule has 9 nitrogen and oxygen atoms in total. The van der Waals surface area contributed by atoms with Gasteiger partial charge in [-0.25, -0.2) is 23.5 Å². The molecule has 5 aromatic rings. The van der Waals surface area contributed by atoms with Crippen LogP contribution in [0.15, 0.2) is 77.6 Å². The van der Waals surface area contributed by atoms with Crippen molar-refractivity contribution in [1.82, 2.24) is 24.9 Å². The monoisotopic (exact) mass is 488 g/mol. The molecule has 0 saturated heterocycles. The minimum absolute atomic E-state index is 0.0120. The molecule has 0 spiro atoms. The molecular formula is C25H18F2N6O3. The van der Waals surface area contributed by atoms with Crippen molar-refractivity contribution in [2.24, 2.45) is 0 Å². The fourth-order valence-corrected chi connectivity index (χ4v) is 3.76. The van der Waals surface area contributed by atoms with Gasteiger partial charge in [0.15, 0.2) is 17.5 Å². The second-order valence-electron chi connectivity index (χ2n) is 7.80. The highest BCUT2D eigenvalue weighted by molar-refractivity contribution is 5.95. The quantitative estimate of drug-likeness (QED) is 0.348. The summed E-state index contributed by atoms with van der Waals surface area (Å²) in [5, 5.41) is 18.0. The van der Waals surface area contributed by atoms with Crippen LogP contribution in [0.25, 0.3) is 22.9 Å². The number of carboxylic acid groups (broad SMARTS) is 1. The lowest BCUT2D eigenvalue weighted by Gasteiger charge is -2.20. The van der Waals surface area contributed by atoms with Crippen molar-refractivity contribution in [2.75, 3.05) is 11.9 Å². The predicted octanol–water partition coefficient (Wildman–Crippen LogP) is 4.79. The molecule has 0 radical (unpaired) electrons. The Morgan fingerprint density at radius 2 is 1.83 bits per heavy atom. The minimum Gasteiger partial charge on any atom is -0.478 e. The van der Waals surface area contributed by atoms with Crippen LogP contribution in [0.1, 0.15) is 15.9 Å². The van der Waals surface area contributed by atoms with Gasteiger partial charge in [-0.05, 0) is 24.3 Å². The Balaban J connectivity index is 1.57. The molecule has 0 unspecified atom stereocenters. The Morgan fingerprint density at radius 1 is 1.06 bits per heavy atom. The van der Waals surface area contributed by atoms with Crippen LogP contribution in [0.5, 0.6) is 0 Å². The van der Waals surface area contributed by atoms with E-state index in [4.69, 9.17) is 4.52 Å². The number of nitrogens with zero attached hydrogens (tertiary/aromatic N) is 6. The number of halogens is 2. The van der Waals surface area contributed by atoms with Gasteiger partial charge in [0.25, 0.3) is 0 Å². The summed E-state index contributed by atoms with van der Waals surface area (Å²) in [7, 11) is 1.51. The van der Waals surface area contributed by atoms with Crippen molar-refractivity contribution >= 4 is 17.5 Å². The lowest BCUT2D eigenvalue weighted by molar-refractivity contribution is 0.0697. The number of carboxylic acids is 1. The zero-order valence-electron chi connectivity index (χ0n) is 18.8. The molecule has 3 heterocycles. The van der Waals surface area contributed by atoms with E-state index in [1.165, 1.54) is 35.0 Å². The van der Waals surface area contributed by atoms with Crippen molar-refractivity contribution in [2.45, 2.75) is 6.54 Å². The number of hydrogen-bond donors (Lipinski definition) is 1. The normalized spacial score (nSPS) is 11.0. The first-order valence-electron chi connectivity index (χ1n) is 10.7. The molecular weight excluding hydrogens is 470 g/mol. The smallest absolute Gasteiger partial charge is 0.337 e. The second kappa shape index (κ2) is 9.37. The number of aromatic carboxylic acids is 1. The van der Waals surface area contributed by atoms with Gasteiger partial charge in [-0.15, -0.1) is 0 Å². The van der Waals surface area contributed by atoms with E-state index in [-0.39, 0.29) is 40.9 Å². The molecule has 5 rings (SSSR count). The Bertz CT molecular complexity index is 1550. The summed E-state index contributed by atoms with van der Waals surface area (Å²) in [5.74, 6) is -2.34. The molecule has 3 aromatic heterocycles. The Hall–Kier alpha value is -4.93. The van der Waals surface area contributed by atoms with E-state index < -0.39 is 11.8 Å². The van der Waals surface area contributed by atoms with E-state index in [0.717, 1.165) is 6.20 Å². The lowest BCUT2D eigenvalue weighted by atomic mass is 10.1. The number of hydrogen-bond acceptors (Lipinski definition) is 7. The average molecular weight is 488 g/mol. The predicted molar refractivity (Wildman–Crippen MR) is 126 cm³/mol. The maximum atomic E-state index is 14.8. The van der Waals surface area contributed by atoms with Gasteiger partial charge in [0.2, 0.25) is 0 Å². The number of carbonyl (C=O) groups is 1. The third-order valence-electron chi connectivity index (χ3n) is 5.53. The van der Waals surface area contributed by atoms with Gasteiger partial charge in [0.05, 0.1) is 29.7 Å². The SMILES string of the molecule is CN(c1ccccc1C(=O)O)c1nc(-c2cc(-c3ccon3)n(Cc3ccccc3F)n2)ncc1F. The Morgan fingerprint density at radius 3 is 2.58 bits per heavy atom. The maximum absolute atomic E-state index is 14.8. The largest absolute Gasteiger partial charge is 0.478 e. The molecule has 0 aliphatic rings. The highest BCUT2D eigenvalue weighted by atomic mass is 19.1. The highest BCUT2D eigenvalue weighted by Gasteiger charge is 2.21. The molecule has 0 atom stereocenters. The first-order valence-corrected chi connectivity index (χ1v) is 10.7. The average Bonchev–Trinajstić information content (AvgIpc) is 3.55. The van der Waals surface area contributed by atoms with Crippen molar-refractivity contribution in [3.05, 3.63) is 95.9 Å². The van der Waals surface area contributed by atoms with Crippen LogP contribution >= 0.6 is 0 Å². The zero-order chi connectivity index (χ0) is 25.2. The van der Waals surface area contributed by atoms with Gasteiger partial charge in [0.1, 0.15) is 23.5 Å². The van der Waals surface area contributed by atoms with E-state index in [2.05, 4.69) is 20.2 Å². The third-order valence-corrected chi connectivity index (χ3v) is 5.53. The number of aromatic nitrogens is 5. The molecule has 0 aliphatic heterocycles. The summed E-state index contributed by atoms with van der Waals surface area (Å²) in [5.41, 5.74) is 1.90. The number of rotatable bonds is 7. The molecule has 1 N–H and O–H groups in total. The van der Waals surface area contributed by atoms with E-state index in [9.17, 15) is 18.7 Å². The van der Waals surface area contributed by atoms with Crippen LogP contribution in [-0.4, -0.2) is 43.0 Å². The third kappa shape index (κ3) is 4.29. The van der Waals surface area contributed by atoms with E-state index in [1.54, 1.807) is 48.5 Å². The molecule has 0 fully saturated rings. The van der Waals surface area contributed by atoms with Crippen LogP contribution in [-0.2, 0) is 6.54 Å². The van der Waals surface area contributed by atoms with Gasteiger partial charge in [0, 0.05) is 18.7 Å². The molecule has 36 heavy (non-hydrogen) atoms. The van der Waals surface area contributed by atoms with Crippen LogP contribution in [0, 0.1) is 11.6 Å². The molecule has 11 heteroatoms. The van der Waals surface area contributed by atoms with Crippen LogP contribution in [0.3, 0.4) is 0 Å². The topological polar surface area (TPSA) is 110 Å². The molecule has 0 bridgehead atoms. The number of para-hydroxylation sites is 1.